The van der Waals surface area contributed by atoms with Crippen LogP contribution in [0.15, 0.2) is 48.5 Å². The lowest BCUT2D eigenvalue weighted by Gasteiger charge is -2.42. The average molecular weight is 350 g/mol. The van der Waals surface area contributed by atoms with E-state index < -0.39 is 5.54 Å². The number of ketones is 2. The number of Topliss-reactive ketones (excluding diaryl/α,β-unsaturated/α-hetero) is 2. The minimum Gasteiger partial charge on any atom is -0.497 e. The highest BCUT2D eigenvalue weighted by Gasteiger charge is 2.53. The lowest BCUT2D eigenvalue weighted by molar-refractivity contribution is 0.0517. The molecule has 0 spiro atoms. The van der Waals surface area contributed by atoms with Crippen LogP contribution in [0.4, 0.5) is 5.69 Å². The number of hydrogen-bond donors (Lipinski definition) is 0. The maximum Gasteiger partial charge on any atom is 0.191 e. The van der Waals surface area contributed by atoms with Crippen molar-refractivity contribution < 1.29 is 14.3 Å². The van der Waals surface area contributed by atoms with Gasteiger partial charge in [-0.25, -0.2) is 0 Å². The van der Waals surface area contributed by atoms with Gasteiger partial charge in [-0.1, -0.05) is 24.3 Å². The standard InChI is InChI=1S/C21H22N2O3/c1-21(19(24)17-5-3-4-6-18(17)20(21)25)23-13-11-22(12-14-23)15-7-9-16(26-2)10-8-15/h3-10H,11-14H2,1-2H3. The summed E-state index contributed by atoms with van der Waals surface area (Å²) in [6, 6.07) is 15.1. The predicted molar refractivity (Wildman–Crippen MR) is 100 cm³/mol. The monoisotopic (exact) mass is 350 g/mol. The molecule has 2 aromatic rings. The van der Waals surface area contributed by atoms with Crippen molar-refractivity contribution in [1.82, 2.24) is 4.90 Å². The Balaban J connectivity index is 1.51. The Morgan fingerprint density at radius 1 is 0.846 bits per heavy atom. The van der Waals surface area contributed by atoms with Crippen LogP contribution in [0.3, 0.4) is 0 Å². The van der Waals surface area contributed by atoms with Gasteiger partial charge in [0.2, 0.25) is 0 Å². The fraction of sp³-hybridized carbons (Fsp3) is 0.333. The van der Waals surface area contributed by atoms with E-state index in [4.69, 9.17) is 4.74 Å². The first-order valence-electron chi connectivity index (χ1n) is 8.88. The zero-order chi connectivity index (χ0) is 18.3. The summed E-state index contributed by atoms with van der Waals surface area (Å²) >= 11 is 0. The quantitative estimate of drug-likeness (QED) is 0.797. The molecule has 26 heavy (non-hydrogen) atoms. The highest BCUT2D eigenvalue weighted by molar-refractivity contribution is 6.32. The van der Waals surface area contributed by atoms with Crippen LogP contribution in [-0.4, -0.2) is 55.3 Å². The summed E-state index contributed by atoms with van der Waals surface area (Å²) in [7, 11) is 1.65. The van der Waals surface area contributed by atoms with Gasteiger partial charge in [-0.15, -0.1) is 0 Å². The summed E-state index contributed by atoms with van der Waals surface area (Å²) < 4.78 is 5.21. The predicted octanol–water partition coefficient (Wildman–Crippen LogP) is 2.66. The number of methoxy groups -OCH3 is 1. The summed E-state index contributed by atoms with van der Waals surface area (Å²) in [4.78, 5) is 30.2. The molecule has 0 radical (unpaired) electrons. The second-order valence-corrected chi connectivity index (χ2v) is 6.95. The second-order valence-electron chi connectivity index (χ2n) is 6.95. The number of fused-ring (bicyclic) bond motifs is 1. The summed E-state index contributed by atoms with van der Waals surface area (Å²) in [5.74, 6) is 0.687. The van der Waals surface area contributed by atoms with Gasteiger partial charge in [0, 0.05) is 43.0 Å². The number of rotatable bonds is 3. The first-order valence-corrected chi connectivity index (χ1v) is 8.88. The third-order valence-electron chi connectivity index (χ3n) is 5.65. The highest BCUT2D eigenvalue weighted by atomic mass is 16.5. The molecule has 0 aromatic heterocycles. The van der Waals surface area contributed by atoms with E-state index in [1.807, 2.05) is 41.3 Å². The molecular formula is C21H22N2O3. The van der Waals surface area contributed by atoms with Gasteiger partial charge in [-0.2, -0.15) is 0 Å². The maximum absolute atomic E-state index is 13.0. The first-order chi connectivity index (χ1) is 12.6. The largest absolute Gasteiger partial charge is 0.497 e. The molecule has 2 aliphatic rings. The Morgan fingerprint density at radius 3 is 1.88 bits per heavy atom. The molecule has 1 fully saturated rings. The zero-order valence-electron chi connectivity index (χ0n) is 15.1. The zero-order valence-corrected chi connectivity index (χ0v) is 15.1. The molecule has 0 atom stereocenters. The Bertz CT molecular complexity index is 817. The van der Waals surface area contributed by atoms with Gasteiger partial charge in [0.15, 0.2) is 11.6 Å². The van der Waals surface area contributed by atoms with E-state index in [1.54, 1.807) is 26.2 Å². The van der Waals surface area contributed by atoms with Crippen molar-refractivity contribution in [3.63, 3.8) is 0 Å². The summed E-state index contributed by atoms with van der Waals surface area (Å²) in [5.41, 5.74) is 1.16. The molecule has 4 rings (SSSR count). The van der Waals surface area contributed by atoms with Gasteiger partial charge < -0.3 is 9.64 Å². The van der Waals surface area contributed by atoms with E-state index in [1.165, 1.54) is 0 Å². The summed E-state index contributed by atoms with van der Waals surface area (Å²) in [6.07, 6.45) is 0. The van der Waals surface area contributed by atoms with Gasteiger partial charge in [-0.3, -0.25) is 14.5 Å². The summed E-state index contributed by atoms with van der Waals surface area (Å²) in [5, 5.41) is 0. The average Bonchev–Trinajstić information content (AvgIpc) is 2.91. The number of piperazine rings is 1. The Hall–Kier alpha value is -2.66. The van der Waals surface area contributed by atoms with Gasteiger partial charge in [0.25, 0.3) is 0 Å². The van der Waals surface area contributed by atoms with Crippen molar-refractivity contribution in [2.45, 2.75) is 12.5 Å². The van der Waals surface area contributed by atoms with Crippen molar-refractivity contribution in [1.29, 1.82) is 0 Å². The molecule has 2 aromatic carbocycles. The van der Waals surface area contributed by atoms with E-state index in [0.717, 1.165) is 24.5 Å². The fourth-order valence-electron chi connectivity index (χ4n) is 4.00. The Labute approximate surface area is 153 Å². The number of benzene rings is 2. The molecule has 0 saturated carbocycles. The van der Waals surface area contributed by atoms with Crippen molar-refractivity contribution in [3.8, 4) is 5.75 Å². The van der Waals surface area contributed by atoms with E-state index in [9.17, 15) is 9.59 Å². The number of carbonyl (C=O) groups excluding carboxylic acids is 2. The normalized spacial score (nSPS) is 19.5. The molecule has 134 valence electrons. The Kier molecular flexibility index (Phi) is 4.04. The molecule has 0 N–H and O–H groups in total. The molecule has 0 amide bonds. The molecular weight excluding hydrogens is 328 g/mol. The molecule has 5 nitrogen and oxygen atoms in total. The third-order valence-corrected chi connectivity index (χ3v) is 5.65. The lowest BCUT2D eigenvalue weighted by Crippen LogP contribution is -2.61. The number of anilines is 1. The van der Waals surface area contributed by atoms with Crippen LogP contribution in [0.25, 0.3) is 0 Å². The van der Waals surface area contributed by atoms with Crippen LogP contribution < -0.4 is 9.64 Å². The first kappa shape index (κ1) is 16.8. The summed E-state index contributed by atoms with van der Waals surface area (Å²) in [6.45, 7) is 4.68. The van der Waals surface area contributed by atoms with Crippen molar-refractivity contribution in [2.24, 2.45) is 0 Å². The molecule has 1 saturated heterocycles. The van der Waals surface area contributed by atoms with Crippen LogP contribution in [0, 0.1) is 0 Å². The topological polar surface area (TPSA) is 49.9 Å². The van der Waals surface area contributed by atoms with E-state index in [-0.39, 0.29) is 11.6 Å². The van der Waals surface area contributed by atoms with Gasteiger partial charge in [-0.05, 0) is 31.2 Å². The number of hydrogen-bond acceptors (Lipinski definition) is 5. The van der Waals surface area contributed by atoms with Crippen molar-refractivity contribution >= 4 is 17.3 Å². The number of carbonyl (C=O) groups is 2. The third kappa shape index (κ3) is 2.42. The highest BCUT2D eigenvalue weighted by Crippen LogP contribution is 2.35. The SMILES string of the molecule is COc1ccc(N2CCN(C3(C)C(=O)c4ccccc4C3=O)CC2)cc1. The molecule has 1 heterocycles. The minimum absolute atomic E-state index is 0.0732. The van der Waals surface area contributed by atoms with Gasteiger partial charge >= 0.3 is 0 Å². The number of ether oxygens (including phenoxy) is 1. The van der Waals surface area contributed by atoms with Gasteiger partial charge in [0.1, 0.15) is 11.3 Å². The number of nitrogens with zero attached hydrogens (tertiary/aromatic N) is 2. The lowest BCUT2D eigenvalue weighted by atomic mass is 9.92. The van der Waals surface area contributed by atoms with E-state index >= 15 is 0 Å². The molecule has 0 unspecified atom stereocenters. The van der Waals surface area contributed by atoms with Crippen LogP contribution in [0.1, 0.15) is 27.6 Å². The van der Waals surface area contributed by atoms with Crippen molar-refractivity contribution in [2.75, 3.05) is 38.2 Å². The smallest absolute Gasteiger partial charge is 0.191 e. The molecule has 1 aliphatic carbocycles. The molecule has 0 bridgehead atoms. The van der Waals surface area contributed by atoms with Crippen LogP contribution >= 0.6 is 0 Å². The van der Waals surface area contributed by atoms with Crippen molar-refractivity contribution in [3.05, 3.63) is 59.7 Å². The second kappa shape index (κ2) is 6.25. The maximum atomic E-state index is 13.0. The Morgan fingerprint density at radius 2 is 1.38 bits per heavy atom. The van der Waals surface area contributed by atoms with E-state index in [2.05, 4.69) is 4.90 Å². The van der Waals surface area contributed by atoms with Crippen LogP contribution in [-0.2, 0) is 0 Å². The van der Waals surface area contributed by atoms with Crippen LogP contribution in [0.2, 0.25) is 0 Å². The van der Waals surface area contributed by atoms with E-state index in [0.29, 0.717) is 24.2 Å². The van der Waals surface area contributed by atoms with Gasteiger partial charge in [0.05, 0.1) is 7.11 Å². The fourth-order valence-corrected chi connectivity index (χ4v) is 4.00. The van der Waals surface area contributed by atoms with Crippen LogP contribution in [0.5, 0.6) is 5.75 Å². The minimum atomic E-state index is -1.07. The molecule has 5 heteroatoms. The molecule has 1 aliphatic heterocycles.